The van der Waals surface area contributed by atoms with Crippen molar-refractivity contribution in [2.24, 2.45) is 11.7 Å². The molecule has 2 saturated heterocycles. The number of imide groups is 1. The summed E-state index contributed by atoms with van der Waals surface area (Å²) in [5.74, 6) is -4.26. The fourth-order valence-corrected chi connectivity index (χ4v) is 3.87. The third kappa shape index (κ3) is 3.17. The van der Waals surface area contributed by atoms with Gasteiger partial charge in [0.2, 0.25) is 11.8 Å². The zero-order chi connectivity index (χ0) is 21.6. The lowest BCUT2D eigenvalue weighted by molar-refractivity contribution is -0.175. The number of hydrogen-bond donors (Lipinski definition) is 3. The molecule has 0 saturated carbocycles. The van der Waals surface area contributed by atoms with E-state index in [1.54, 1.807) is 12.1 Å². The molecule has 4 N–H and O–H groups in total. The fourth-order valence-electron chi connectivity index (χ4n) is 3.87. The summed E-state index contributed by atoms with van der Waals surface area (Å²) in [7, 11) is 0. The van der Waals surface area contributed by atoms with Crippen LogP contribution in [-0.2, 0) is 19.2 Å². The zero-order valence-corrected chi connectivity index (χ0v) is 15.5. The summed E-state index contributed by atoms with van der Waals surface area (Å²) >= 11 is 0. The number of phenols is 1. The number of anilines is 1. The van der Waals surface area contributed by atoms with Crippen LogP contribution in [0.3, 0.4) is 0 Å². The van der Waals surface area contributed by atoms with Crippen molar-refractivity contribution in [3.05, 3.63) is 59.7 Å². The van der Waals surface area contributed by atoms with Gasteiger partial charge in [0.25, 0.3) is 5.91 Å². The highest BCUT2D eigenvalue weighted by Gasteiger charge is 2.60. The number of phenolic OH excluding ortho intramolecular Hbond substituents is 1. The number of aromatic hydroxyl groups is 1. The number of carboxylic acids is 1. The van der Waals surface area contributed by atoms with Gasteiger partial charge < -0.3 is 15.9 Å². The van der Waals surface area contributed by atoms with Crippen LogP contribution in [0.2, 0.25) is 0 Å². The fraction of sp³-hybridized carbons (Fsp3) is 0.200. The second-order valence-electron chi connectivity index (χ2n) is 7.00. The summed E-state index contributed by atoms with van der Waals surface area (Å²) in [5.41, 5.74) is 5.78. The summed E-state index contributed by atoms with van der Waals surface area (Å²) in [5, 5.41) is 20.2. The first kappa shape index (κ1) is 19.6. The predicted molar refractivity (Wildman–Crippen MR) is 101 cm³/mol. The number of amides is 3. The number of hydrogen-bond acceptors (Lipinski definition) is 7. The number of benzene rings is 2. The lowest BCUT2D eigenvalue weighted by atomic mass is 9.90. The molecular weight excluding hydrogens is 394 g/mol. The van der Waals surface area contributed by atoms with Crippen LogP contribution in [0.1, 0.15) is 22.0 Å². The van der Waals surface area contributed by atoms with Gasteiger partial charge in [0.15, 0.2) is 6.10 Å². The highest BCUT2D eigenvalue weighted by atomic mass is 16.7. The van der Waals surface area contributed by atoms with Gasteiger partial charge in [-0.25, -0.2) is 9.69 Å². The highest BCUT2D eigenvalue weighted by molar-refractivity contribution is 6.23. The first-order valence-electron chi connectivity index (χ1n) is 8.99. The van der Waals surface area contributed by atoms with E-state index in [0.29, 0.717) is 5.56 Å². The second kappa shape index (κ2) is 7.25. The Hall–Kier alpha value is -3.76. The molecule has 2 aromatic carbocycles. The van der Waals surface area contributed by atoms with Crippen molar-refractivity contribution in [3.8, 4) is 5.75 Å². The van der Waals surface area contributed by atoms with Gasteiger partial charge in [-0.1, -0.05) is 18.2 Å². The highest BCUT2D eigenvalue weighted by Crippen LogP contribution is 2.46. The van der Waals surface area contributed by atoms with Crippen molar-refractivity contribution in [1.82, 2.24) is 5.06 Å². The first-order chi connectivity index (χ1) is 14.3. The van der Waals surface area contributed by atoms with E-state index in [2.05, 4.69) is 0 Å². The van der Waals surface area contributed by atoms with Crippen LogP contribution < -0.4 is 10.6 Å². The van der Waals surface area contributed by atoms with E-state index in [9.17, 15) is 29.4 Å². The van der Waals surface area contributed by atoms with Gasteiger partial charge in [-0.3, -0.25) is 19.2 Å². The molecule has 3 amide bonds. The van der Waals surface area contributed by atoms with Gasteiger partial charge in [0, 0.05) is 0 Å². The third-order valence-electron chi connectivity index (χ3n) is 5.07. The van der Waals surface area contributed by atoms with Crippen LogP contribution >= 0.6 is 0 Å². The van der Waals surface area contributed by atoms with Gasteiger partial charge >= 0.3 is 5.97 Å². The standard InChI is InChI=1S/C20H17N3O7/c21-14(25)9-22-16(10-3-2-6-13(24)8-10)15-17(30-22)19(27)23(18(15)26)12-5-1-4-11(7-12)20(28)29/h1-8,15-17,24H,9H2,(H2,21,25)(H,28,29). The number of carbonyl (C=O) groups excluding carboxylic acids is 3. The Kier molecular flexibility index (Phi) is 4.72. The van der Waals surface area contributed by atoms with Gasteiger partial charge in [0.1, 0.15) is 12.3 Å². The number of fused-ring (bicyclic) bond motifs is 1. The number of carbonyl (C=O) groups is 4. The molecule has 4 rings (SSSR count). The molecule has 30 heavy (non-hydrogen) atoms. The van der Waals surface area contributed by atoms with Crippen LogP contribution in [0.15, 0.2) is 48.5 Å². The van der Waals surface area contributed by atoms with E-state index in [4.69, 9.17) is 10.6 Å². The molecule has 2 aromatic rings. The molecular formula is C20H17N3O7. The van der Waals surface area contributed by atoms with Crippen LogP contribution in [0.5, 0.6) is 5.75 Å². The van der Waals surface area contributed by atoms with E-state index in [1.165, 1.54) is 41.5 Å². The minimum absolute atomic E-state index is 0.0576. The summed E-state index contributed by atoms with van der Waals surface area (Å²) in [6.45, 7) is -0.359. The molecule has 3 unspecified atom stereocenters. The molecule has 154 valence electrons. The summed E-state index contributed by atoms with van der Waals surface area (Å²) < 4.78 is 0. The monoisotopic (exact) mass is 411 g/mol. The predicted octanol–water partition coefficient (Wildman–Crippen LogP) is 0.422. The third-order valence-corrected chi connectivity index (χ3v) is 5.07. The Balaban J connectivity index is 1.74. The number of nitrogens with two attached hydrogens (primary N) is 1. The summed E-state index contributed by atoms with van der Waals surface area (Å²) in [4.78, 5) is 55.5. The van der Waals surface area contributed by atoms with Gasteiger partial charge in [-0.05, 0) is 35.9 Å². The van der Waals surface area contributed by atoms with E-state index in [0.717, 1.165) is 4.90 Å². The topological polar surface area (TPSA) is 150 Å². The molecule has 10 heteroatoms. The Morgan fingerprint density at radius 2 is 1.80 bits per heavy atom. The summed E-state index contributed by atoms with van der Waals surface area (Å²) in [6.07, 6.45) is -1.21. The van der Waals surface area contributed by atoms with E-state index in [-0.39, 0.29) is 23.5 Å². The van der Waals surface area contributed by atoms with Gasteiger partial charge in [-0.15, -0.1) is 0 Å². The quantitative estimate of drug-likeness (QED) is 0.599. The number of rotatable bonds is 5. The van der Waals surface area contributed by atoms with Crippen molar-refractivity contribution >= 4 is 29.4 Å². The number of hydroxylamine groups is 2. The Morgan fingerprint density at radius 3 is 2.47 bits per heavy atom. The molecule has 2 fully saturated rings. The lowest BCUT2D eigenvalue weighted by Gasteiger charge is -2.26. The molecule has 2 heterocycles. The molecule has 10 nitrogen and oxygen atoms in total. The lowest BCUT2D eigenvalue weighted by Crippen LogP contribution is -2.40. The van der Waals surface area contributed by atoms with E-state index < -0.39 is 41.8 Å². The number of aromatic carboxylic acids is 1. The van der Waals surface area contributed by atoms with Crippen molar-refractivity contribution in [3.63, 3.8) is 0 Å². The Bertz CT molecular complexity index is 1070. The normalized spacial score (nSPS) is 23.6. The van der Waals surface area contributed by atoms with Crippen molar-refractivity contribution in [2.45, 2.75) is 12.1 Å². The van der Waals surface area contributed by atoms with Crippen LogP contribution in [0.4, 0.5) is 5.69 Å². The van der Waals surface area contributed by atoms with E-state index >= 15 is 0 Å². The maximum absolute atomic E-state index is 13.3. The van der Waals surface area contributed by atoms with Gasteiger partial charge in [-0.2, -0.15) is 5.06 Å². The maximum atomic E-state index is 13.3. The van der Waals surface area contributed by atoms with Crippen molar-refractivity contribution in [1.29, 1.82) is 0 Å². The molecule has 3 atom stereocenters. The molecule has 2 aliphatic heterocycles. The number of primary amides is 1. The average molecular weight is 411 g/mol. The van der Waals surface area contributed by atoms with Crippen molar-refractivity contribution < 1.29 is 34.2 Å². The summed E-state index contributed by atoms with van der Waals surface area (Å²) in [6, 6.07) is 10.7. The molecule has 2 aliphatic rings. The molecule has 0 aromatic heterocycles. The minimum Gasteiger partial charge on any atom is -0.508 e. The van der Waals surface area contributed by atoms with Crippen LogP contribution in [0, 0.1) is 5.92 Å². The molecule has 0 bridgehead atoms. The molecule has 0 aliphatic carbocycles. The maximum Gasteiger partial charge on any atom is 0.335 e. The molecule has 0 radical (unpaired) electrons. The van der Waals surface area contributed by atoms with Gasteiger partial charge in [0.05, 0.1) is 23.2 Å². The smallest absolute Gasteiger partial charge is 0.335 e. The second-order valence-corrected chi connectivity index (χ2v) is 7.00. The first-order valence-corrected chi connectivity index (χ1v) is 8.99. The molecule has 0 spiro atoms. The number of carboxylic acid groups (broad SMARTS) is 1. The number of nitrogens with zero attached hydrogens (tertiary/aromatic N) is 2. The Morgan fingerprint density at radius 1 is 1.07 bits per heavy atom. The SMILES string of the molecule is NC(=O)CN1OC2C(=O)N(c3cccc(C(=O)O)c3)C(=O)C2C1c1cccc(O)c1. The van der Waals surface area contributed by atoms with Crippen LogP contribution in [-0.4, -0.2) is 51.6 Å². The van der Waals surface area contributed by atoms with Crippen LogP contribution in [0.25, 0.3) is 0 Å². The largest absolute Gasteiger partial charge is 0.508 e. The Labute approximate surface area is 170 Å². The zero-order valence-electron chi connectivity index (χ0n) is 15.5. The minimum atomic E-state index is -1.21. The average Bonchev–Trinajstić information content (AvgIpc) is 3.16. The van der Waals surface area contributed by atoms with Crippen molar-refractivity contribution in [2.75, 3.05) is 11.4 Å². The van der Waals surface area contributed by atoms with E-state index in [1.807, 2.05) is 0 Å².